The highest BCUT2D eigenvalue weighted by Gasteiger charge is 2.24. The molecule has 0 bridgehead atoms. The molecule has 1 unspecified atom stereocenters. The Morgan fingerprint density at radius 2 is 1.77 bits per heavy atom. The Hall–Kier alpha value is -4.76. The minimum Gasteiger partial charge on any atom is -0.505 e. The number of nitrogens with zero attached hydrogens (tertiary/aromatic N) is 1. The average Bonchev–Trinajstić information content (AvgIpc) is 3.40. The molecule has 206 valence electrons. The number of aromatic hydroxyl groups is 1. The molecule has 1 aliphatic heterocycles. The first kappa shape index (κ1) is 28.3. The second kappa shape index (κ2) is 13.3. The van der Waals surface area contributed by atoms with E-state index in [4.69, 9.17) is 21.0 Å². The first-order valence-corrected chi connectivity index (χ1v) is 12.8. The summed E-state index contributed by atoms with van der Waals surface area (Å²) in [7, 11) is 0. The summed E-state index contributed by atoms with van der Waals surface area (Å²) >= 11 is 0. The van der Waals surface area contributed by atoms with Crippen molar-refractivity contribution < 1.29 is 23.8 Å². The number of hydrogen-bond donors (Lipinski definition) is 4. The van der Waals surface area contributed by atoms with Gasteiger partial charge in [-0.1, -0.05) is 54.6 Å². The van der Waals surface area contributed by atoms with Crippen LogP contribution < -0.4 is 15.8 Å². The third kappa shape index (κ3) is 7.42. The van der Waals surface area contributed by atoms with Crippen molar-refractivity contribution in [2.45, 2.75) is 19.0 Å². The fourth-order valence-corrected chi connectivity index (χ4v) is 4.55. The van der Waals surface area contributed by atoms with Crippen LogP contribution in [0.4, 0.5) is 4.39 Å². The number of ether oxygens (including phenoxy) is 1. The Morgan fingerprint density at radius 1 is 1.05 bits per heavy atom. The molecule has 0 aromatic heterocycles. The molecule has 0 spiro atoms. The number of hydrogen-bond acceptors (Lipinski definition) is 6. The predicted molar refractivity (Wildman–Crippen MR) is 152 cm³/mol. The number of primary amides is 1. The van der Waals surface area contributed by atoms with Gasteiger partial charge < -0.3 is 26.3 Å². The van der Waals surface area contributed by atoms with Gasteiger partial charge in [-0.15, -0.1) is 0 Å². The number of likely N-dealkylation sites (tertiary alicyclic amines) is 1. The molecule has 8 nitrogen and oxygen atoms in total. The van der Waals surface area contributed by atoms with Crippen molar-refractivity contribution in [1.82, 2.24) is 10.2 Å². The monoisotopic (exact) mass is 542 g/mol. The molecule has 1 atom stereocenters. The predicted octanol–water partition coefficient (Wildman–Crippen LogP) is 4.24. The van der Waals surface area contributed by atoms with Gasteiger partial charge >= 0.3 is 0 Å². The number of carbonyl (C=O) groups excluding carboxylic acids is 2. The van der Waals surface area contributed by atoms with Crippen LogP contribution in [-0.2, 0) is 11.3 Å². The molecule has 1 aliphatic rings. The van der Waals surface area contributed by atoms with Gasteiger partial charge in [-0.05, 0) is 47.7 Å². The van der Waals surface area contributed by atoms with E-state index < -0.39 is 17.5 Å². The Labute approximate surface area is 231 Å². The summed E-state index contributed by atoms with van der Waals surface area (Å²) in [4.78, 5) is 25.2. The van der Waals surface area contributed by atoms with Crippen molar-refractivity contribution in [3.8, 4) is 11.5 Å². The molecule has 5 rings (SSSR count). The highest BCUT2D eigenvalue weighted by atomic mass is 19.1. The Balaban J connectivity index is 0.000000283. The van der Waals surface area contributed by atoms with Crippen molar-refractivity contribution in [3.05, 3.63) is 107 Å². The van der Waals surface area contributed by atoms with Crippen LogP contribution in [0, 0.1) is 11.2 Å². The molecule has 4 aromatic rings. The largest absolute Gasteiger partial charge is 0.505 e. The van der Waals surface area contributed by atoms with Gasteiger partial charge in [0.25, 0.3) is 5.91 Å². The zero-order valence-corrected chi connectivity index (χ0v) is 21.8. The van der Waals surface area contributed by atoms with Crippen LogP contribution in [0.25, 0.3) is 10.8 Å². The van der Waals surface area contributed by atoms with Crippen LogP contribution in [0.1, 0.15) is 27.9 Å². The quantitative estimate of drug-likeness (QED) is 0.248. The van der Waals surface area contributed by atoms with E-state index in [9.17, 15) is 14.0 Å². The van der Waals surface area contributed by atoms with Crippen LogP contribution in [0.2, 0.25) is 0 Å². The molecule has 1 fully saturated rings. The minimum absolute atomic E-state index is 0.0108. The summed E-state index contributed by atoms with van der Waals surface area (Å²) in [6.07, 6.45) is 2.29. The summed E-state index contributed by atoms with van der Waals surface area (Å²) in [6, 6.07) is 25.2. The van der Waals surface area contributed by atoms with Crippen molar-refractivity contribution in [2.75, 3.05) is 19.7 Å². The maximum Gasteiger partial charge on any atom is 0.258 e. The van der Waals surface area contributed by atoms with Gasteiger partial charge in [0.15, 0.2) is 18.2 Å². The topological polar surface area (TPSA) is 129 Å². The molecule has 1 heterocycles. The van der Waals surface area contributed by atoms with Crippen LogP contribution in [0.5, 0.6) is 11.5 Å². The second-order valence-corrected chi connectivity index (χ2v) is 9.44. The number of halogens is 1. The molecular formula is C31H31FN4O4. The van der Waals surface area contributed by atoms with Gasteiger partial charge in [0.05, 0.1) is 0 Å². The van der Waals surface area contributed by atoms with Gasteiger partial charge in [-0.2, -0.15) is 0 Å². The molecule has 9 heteroatoms. The Bertz CT molecular complexity index is 1500. The molecule has 2 amide bonds. The fraction of sp³-hybridized carbons (Fsp3) is 0.194. The summed E-state index contributed by atoms with van der Waals surface area (Å²) < 4.78 is 18.3. The molecule has 0 saturated carbocycles. The number of nitrogens with one attached hydrogen (secondary N) is 2. The summed E-state index contributed by atoms with van der Waals surface area (Å²) in [5.74, 6) is -1.49. The number of fused-ring (bicyclic) bond motifs is 1. The third-order valence-corrected chi connectivity index (χ3v) is 6.55. The smallest absolute Gasteiger partial charge is 0.258 e. The lowest BCUT2D eigenvalue weighted by molar-refractivity contribution is -0.123. The van der Waals surface area contributed by atoms with Gasteiger partial charge in [-0.25, -0.2) is 4.39 Å². The van der Waals surface area contributed by atoms with Gasteiger partial charge in [0, 0.05) is 48.4 Å². The lowest BCUT2D eigenvalue weighted by Crippen LogP contribution is -2.39. The highest BCUT2D eigenvalue weighted by Crippen LogP contribution is 2.27. The normalized spacial score (nSPS) is 14.7. The lowest BCUT2D eigenvalue weighted by atomic mass is 10.0. The molecule has 0 aliphatic carbocycles. The number of phenols is 1. The second-order valence-electron chi connectivity index (χ2n) is 9.44. The highest BCUT2D eigenvalue weighted by molar-refractivity contribution is 6.01. The van der Waals surface area contributed by atoms with E-state index in [2.05, 4.69) is 34.5 Å². The number of carbonyl (C=O) groups is 2. The molecule has 4 aromatic carbocycles. The zero-order chi connectivity index (χ0) is 28.5. The lowest BCUT2D eigenvalue weighted by Gasteiger charge is -2.17. The van der Waals surface area contributed by atoms with Gasteiger partial charge in [0.1, 0.15) is 5.75 Å². The van der Waals surface area contributed by atoms with Crippen LogP contribution >= 0.6 is 0 Å². The standard InChI is InChI=1S/C24H25N3O2.C7H6FNO2/c25-14-19-10-11-23(22-9-5-4-8-21(19)22)29-17-24(28)26-20-12-13-27(16-20)15-18-6-2-1-3-7-18;8-5-3-4(7(9)11)1-2-6(5)10/h1-11,14,20,25H,12-13,15-17H2,(H,26,28);1-3,10H,(H2,9,11). The number of amides is 2. The maximum absolute atomic E-state index is 12.5. The number of phenolic OH excluding ortho intramolecular Hbond substituents is 1. The number of rotatable bonds is 8. The van der Waals surface area contributed by atoms with E-state index in [-0.39, 0.29) is 24.1 Å². The molecule has 1 saturated heterocycles. The molecule has 0 radical (unpaired) electrons. The van der Waals surface area contributed by atoms with Crippen molar-refractivity contribution >= 4 is 28.8 Å². The average molecular weight is 543 g/mol. The van der Waals surface area contributed by atoms with Crippen LogP contribution in [0.3, 0.4) is 0 Å². The first-order valence-electron chi connectivity index (χ1n) is 12.8. The van der Waals surface area contributed by atoms with E-state index >= 15 is 0 Å². The number of benzene rings is 4. The molecule has 5 N–H and O–H groups in total. The van der Waals surface area contributed by atoms with E-state index in [1.807, 2.05) is 42.5 Å². The van der Waals surface area contributed by atoms with Crippen molar-refractivity contribution in [3.63, 3.8) is 0 Å². The summed E-state index contributed by atoms with van der Waals surface area (Å²) in [5, 5.41) is 21.2. The maximum atomic E-state index is 12.5. The summed E-state index contributed by atoms with van der Waals surface area (Å²) in [5.41, 5.74) is 7.02. The molecular weight excluding hydrogens is 511 g/mol. The van der Waals surface area contributed by atoms with Gasteiger partial charge in [-0.3, -0.25) is 14.5 Å². The minimum atomic E-state index is -0.846. The Kier molecular flexibility index (Phi) is 9.43. The third-order valence-electron chi connectivity index (χ3n) is 6.55. The van der Waals surface area contributed by atoms with E-state index in [0.717, 1.165) is 54.5 Å². The van der Waals surface area contributed by atoms with E-state index in [0.29, 0.717) is 5.75 Å². The molecule has 40 heavy (non-hydrogen) atoms. The van der Waals surface area contributed by atoms with Crippen molar-refractivity contribution in [1.29, 1.82) is 5.41 Å². The number of nitrogens with two attached hydrogens (primary N) is 1. The first-order chi connectivity index (χ1) is 19.3. The van der Waals surface area contributed by atoms with E-state index in [1.54, 1.807) is 0 Å². The van der Waals surface area contributed by atoms with Crippen LogP contribution in [-0.4, -0.2) is 53.8 Å². The zero-order valence-electron chi connectivity index (χ0n) is 21.8. The van der Waals surface area contributed by atoms with Crippen LogP contribution in [0.15, 0.2) is 84.9 Å². The van der Waals surface area contributed by atoms with E-state index in [1.165, 1.54) is 17.8 Å². The fourth-order valence-electron chi connectivity index (χ4n) is 4.55. The Morgan fingerprint density at radius 3 is 2.48 bits per heavy atom. The SMILES string of the molecule is N=Cc1ccc(OCC(=O)NC2CCN(Cc3ccccc3)C2)c2ccccc12.NC(=O)c1ccc(O)c(F)c1. The van der Waals surface area contributed by atoms with Gasteiger partial charge in [0.2, 0.25) is 5.91 Å². The summed E-state index contributed by atoms with van der Waals surface area (Å²) in [6.45, 7) is 2.74. The van der Waals surface area contributed by atoms with Crippen molar-refractivity contribution in [2.24, 2.45) is 5.73 Å².